The molecule has 3 rings (SSSR count). The van der Waals surface area contributed by atoms with E-state index in [2.05, 4.69) is 51.6 Å². The first-order chi connectivity index (χ1) is 9.85. The molecule has 1 aromatic heterocycles. The minimum atomic E-state index is 0.934. The maximum Gasteiger partial charge on any atom is 0.126 e. The van der Waals surface area contributed by atoms with Gasteiger partial charge in [-0.15, -0.1) is 0 Å². The summed E-state index contributed by atoms with van der Waals surface area (Å²) in [5, 5.41) is 3.10. The Hall–Kier alpha value is -1.87. The van der Waals surface area contributed by atoms with Gasteiger partial charge in [-0.25, -0.2) is 4.98 Å². The van der Waals surface area contributed by atoms with Crippen molar-refractivity contribution < 1.29 is 0 Å². The molecule has 0 bridgehead atoms. The van der Waals surface area contributed by atoms with Crippen LogP contribution in [0.2, 0.25) is 0 Å². The SMILES string of the molecule is CNc1cccc(CN2CCc3ccccc3CC2)n1. The molecule has 1 aromatic carbocycles. The van der Waals surface area contributed by atoms with Crippen LogP contribution in [0.25, 0.3) is 0 Å². The lowest BCUT2D eigenvalue weighted by Crippen LogP contribution is -2.26. The van der Waals surface area contributed by atoms with Gasteiger partial charge >= 0.3 is 0 Å². The molecular weight excluding hydrogens is 246 g/mol. The molecule has 104 valence electrons. The monoisotopic (exact) mass is 267 g/mol. The number of nitrogens with zero attached hydrogens (tertiary/aromatic N) is 2. The van der Waals surface area contributed by atoms with Gasteiger partial charge in [-0.3, -0.25) is 4.90 Å². The van der Waals surface area contributed by atoms with Crippen LogP contribution in [0, 0.1) is 0 Å². The molecule has 2 heterocycles. The lowest BCUT2D eigenvalue weighted by molar-refractivity contribution is 0.276. The third-order valence-corrected chi connectivity index (χ3v) is 3.96. The van der Waals surface area contributed by atoms with Crippen LogP contribution in [0.4, 0.5) is 5.82 Å². The first kappa shape index (κ1) is 13.1. The van der Waals surface area contributed by atoms with E-state index in [0.717, 1.165) is 44.0 Å². The number of hydrogen-bond acceptors (Lipinski definition) is 3. The molecule has 1 N–H and O–H groups in total. The quantitative estimate of drug-likeness (QED) is 0.927. The van der Waals surface area contributed by atoms with E-state index in [1.54, 1.807) is 0 Å². The number of aromatic nitrogens is 1. The predicted molar refractivity (Wildman–Crippen MR) is 82.9 cm³/mol. The second kappa shape index (κ2) is 6.06. The van der Waals surface area contributed by atoms with Crippen LogP contribution in [-0.4, -0.2) is 30.0 Å². The summed E-state index contributed by atoms with van der Waals surface area (Å²) in [6.45, 7) is 3.16. The molecule has 0 atom stereocenters. The molecule has 0 spiro atoms. The highest BCUT2D eigenvalue weighted by Gasteiger charge is 2.14. The molecule has 2 aromatic rings. The van der Waals surface area contributed by atoms with Crippen LogP contribution in [0.3, 0.4) is 0 Å². The van der Waals surface area contributed by atoms with E-state index in [1.165, 1.54) is 11.1 Å². The third-order valence-electron chi connectivity index (χ3n) is 3.96. The Balaban J connectivity index is 1.68. The lowest BCUT2D eigenvalue weighted by Gasteiger charge is -2.19. The Morgan fingerprint density at radius 3 is 2.35 bits per heavy atom. The van der Waals surface area contributed by atoms with E-state index in [9.17, 15) is 0 Å². The van der Waals surface area contributed by atoms with E-state index in [1.807, 2.05) is 13.1 Å². The summed E-state index contributed by atoms with van der Waals surface area (Å²) in [4.78, 5) is 7.11. The number of nitrogens with one attached hydrogen (secondary N) is 1. The van der Waals surface area contributed by atoms with Crippen molar-refractivity contribution in [1.82, 2.24) is 9.88 Å². The van der Waals surface area contributed by atoms with Crippen LogP contribution in [-0.2, 0) is 19.4 Å². The van der Waals surface area contributed by atoms with Gasteiger partial charge in [0.25, 0.3) is 0 Å². The number of anilines is 1. The van der Waals surface area contributed by atoms with E-state index in [-0.39, 0.29) is 0 Å². The van der Waals surface area contributed by atoms with E-state index < -0.39 is 0 Å². The van der Waals surface area contributed by atoms with Crippen molar-refractivity contribution in [2.24, 2.45) is 0 Å². The Kier molecular flexibility index (Phi) is 3.97. The molecule has 0 saturated heterocycles. The minimum absolute atomic E-state index is 0.934. The third kappa shape index (κ3) is 2.99. The van der Waals surface area contributed by atoms with Crippen molar-refractivity contribution in [2.45, 2.75) is 19.4 Å². The highest BCUT2D eigenvalue weighted by molar-refractivity contribution is 5.34. The van der Waals surface area contributed by atoms with Gasteiger partial charge in [-0.2, -0.15) is 0 Å². The Morgan fingerprint density at radius 1 is 1.00 bits per heavy atom. The molecule has 1 aliphatic rings. The first-order valence-electron chi connectivity index (χ1n) is 7.28. The zero-order valence-corrected chi connectivity index (χ0v) is 12.0. The van der Waals surface area contributed by atoms with E-state index in [0.29, 0.717) is 0 Å². The molecule has 0 aliphatic carbocycles. The summed E-state index contributed by atoms with van der Waals surface area (Å²) in [5.41, 5.74) is 4.15. The highest BCUT2D eigenvalue weighted by atomic mass is 15.1. The van der Waals surface area contributed by atoms with E-state index >= 15 is 0 Å². The fourth-order valence-electron chi connectivity index (χ4n) is 2.81. The summed E-state index contributed by atoms with van der Waals surface area (Å²) in [5.74, 6) is 0.945. The summed E-state index contributed by atoms with van der Waals surface area (Å²) < 4.78 is 0. The summed E-state index contributed by atoms with van der Waals surface area (Å²) >= 11 is 0. The first-order valence-corrected chi connectivity index (χ1v) is 7.28. The molecule has 0 fully saturated rings. The zero-order valence-electron chi connectivity index (χ0n) is 12.0. The van der Waals surface area contributed by atoms with Gasteiger partial charge in [0.05, 0.1) is 5.69 Å². The van der Waals surface area contributed by atoms with Gasteiger partial charge in [-0.05, 0) is 36.1 Å². The molecule has 3 heteroatoms. The van der Waals surface area contributed by atoms with Gasteiger partial charge in [0, 0.05) is 26.7 Å². The van der Waals surface area contributed by atoms with Crippen molar-refractivity contribution >= 4 is 5.82 Å². The van der Waals surface area contributed by atoms with Gasteiger partial charge in [0.15, 0.2) is 0 Å². The molecule has 20 heavy (non-hydrogen) atoms. The lowest BCUT2D eigenvalue weighted by atomic mass is 10.0. The number of fused-ring (bicyclic) bond motifs is 1. The van der Waals surface area contributed by atoms with Crippen molar-refractivity contribution in [2.75, 3.05) is 25.5 Å². The normalized spacial score (nSPS) is 15.4. The average Bonchev–Trinajstić information content (AvgIpc) is 2.70. The zero-order chi connectivity index (χ0) is 13.8. The highest BCUT2D eigenvalue weighted by Crippen LogP contribution is 2.17. The molecule has 0 saturated carbocycles. The molecule has 3 nitrogen and oxygen atoms in total. The molecule has 1 aliphatic heterocycles. The van der Waals surface area contributed by atoms with Crippen LogP contribution in [0.5, 0.6) is 0 Å². The Labute approximate surface area is 120 Å². The average molecular weight is 267 g/mol. The van der Waals surface area contributed by atoms with Gasteiger partial charge in [0.1, 0.15) is 5.82 Å². The fraction of sp³-hybridized carbons (Fsp3) is 0.353. The second-order valence-corrected chi connectivity index (χ2v) is 5.31. The molecule has 0 unspecified atom stereocenters. The van der Waals surface area contributed by atoms with Gasteiger partial charge in [0.2, 0.25) is 0 Å². The van der Waals surface area contributed by atoms with Crippen LogP contribution in [0.1, 0.15) is 16.8 Å². The molecule has 0 radical (unpaired) electrons. The minimum Gasteiger partial charge on any atom is -0.373 e. The summed E-state index contributed by atoms with van der Waals surface area (Å²) in [7, 11) is 1.91. The van der Waals surface area contributed by atoms with Gasteiger partial charge < -0.3 is 5.32 Å². The van der Waals surface area contributed by atoms with E-state index in [4.69, 9.17) is 0 Å². The Morgan fingerprint density at radius 2 is 1.70 bits per heavy atom. The fourth-order valence-corrected chi connectivity index (χ4v) is 2.81. The standard InChI is InChI=1S/C17H21N3/c1-18-17-8-4-7-16(19-17)13-20-11-9-14-5-2-3-6-15(14)10-12-20/h2-8H,9-13H2,1H3,(H,18,19). The summed E-state index contributed by atoms with van der Waals surface area (Å²) in [6, 6.07) is 15.0. The van der Waals surface area contributed by atoms with Crippen molar-refractivity contribution in [3.05, 3.63) is 59.3 Å². The summed E-state index contributed by atoms with van der Waals surface area (Å²) in [6.07, 6.45) is 2.28. The second-order valence-electron chi connectivity index (χ2n) is 5.31. The van der Waals surface area contributed by atoms with Crippen molar-refractivity contribution in [1.29, 1.82) is 0 Å². The maximum atomic E-state index is 4.61. The largest absolute Gasteiger partial charge is 0.373 e. The number of benzene rings is 1. The van der Waals surface area contributed by atoms with Crippen molar-refractivity contribution in [3.8, 4) is 0 Å². The predicted octanol–water partition coefficient (Wildman–Crippen LogP) is 2.72. The smallest absolute Gasteiger partial charge is 0.126 e. The number of hydrogen-bond donors (Lipinski definition) is 1. The van der Waals surface area contributed by atoms with Crippen LogP contribution >= 0.6 is 0 Å². The number of rotatable bonds is 3. The van der Waals surface area contributed by atoms with Crippen LogP contribution < -0.4 is 5.32 Å². The maximum absolute atomic E-state index is 4.61. The molecule has 0 amide bonds. The van der Waals surface area contributed by atoms with Gasteiger partial charge in [-0.1, -0.05) is 30.3 Å². The van der Waals surface area contributed by atoms with Crippen LogP contribution in [0.15, 0.2) is 42.5 Å². The van der Waals surface area contributed by atoms with Crippen molar-refractivity contribution in [3.63, 3.8) is 0 Å². The number of pyridine rings is 1. The topological polar surface area (TPSA) is 28.2 Å². The Bertz CT molecular complexity index is 553. The molecular formula is C17H21N3.